The van der Waals surface area contributed by atoms with Crippen LogP contribution >= 0.6 is 11.8 Å². The summed E-state index contributed by atoms with van der Waals surface area (Å²) in [7, 11) is 0. The van der Waals surface area contributed by atoms with Gasteiger partial charge in [0.15, 0.2) is 0 Å². The van der Waals surface area contributed by atoms with Gasteiger partial charge in [-0.05, 0) is 29.4 Å². The summed E-state index contributed by atoms with van der Waals surface area (Å²) in [5.74, 6) is 2.24. The van der Waals surface area contributed by atoms with Crippen molar-refractivity contribution < 1.29 is 4.79 Å². The van der Waals surface area contributed by atoms with E-state index in [9.17, 15) is 4.79 Å². The van der Waals surface area contributed by atoms with Crippen molar-refractivity contribution >= 4 is 17.7 Å². The van der Waals surface area contributed by atoms with Crippen LogP contribution < -0.4 is 5.32 Å². The van der Waals surface area contributed by atoms with E-state index in [0.29, 0.717) is 18.1 Å². The van der Waals surface area contributed by atoms with E-state index in [2.05, 4.69) is 48.3 Å². The Kier molecular flexibility index (Phi) is 7.61. The number of amides is 1. The summed E-state index contributed by atoms with van der Waals surface area (Å²) in [6, 6.07) is 10.5. The van der Waals surface area contributed by atoms with Crippen LogP contribution in [-0.4, -0.2) is 35.4 Å². The third-order valence-corrected chi connectivity index (χ3v) is 5.06. The fourth-order valence-electron chi connectivity index (χ4n) is 3.38. The number of nitrogens with one attached hydrogen (secondary N) is 1. The number of hydrogen-bond donors (Lipinski definition) is 1. The summed E-state index contributed by atoms with van der Waals surface area (Å²) in [6.07, 6.45) is 1.34. The van der Waals surface area contributed by atoms with E-state index < -0.39 is 0 Å². The highest BCUT2D eigenvalue weighted by Crippen LogP contribution is 2.22. The first-order chi connectivity index (χ1) is 11.6. The average Bonchev–Trinajstić information content (AvgIpc) is 2.53. The number of carbonyl (C=O) groups excluding carboxylic acids is 1. The molecule has 130 valence electrons. The third-order valence-electron chi connectivity index (χ3n) is 4.26. The smallest absolute Gasteiger partial charge is 0.230 e. The Labute approximate surface area is 149 Å². The molecule has 24 heavy (non-hydrogen) atoms. The van der Waals surface area contributed by atoms with Crippen LogP contribution in [0.2, 0.25) is 0 Å². The maximum absolute atomic E-state index is 11.6. The number of likely N-dealkylation sites (tertiary alicyclic amines) is 1. The zero-order valence-electron chi connectivity index (χ0n) is 14.6. The van der Waals surface area contributed by atoms with Gasteiger partial charge < -0.3 is 5.32 Å². The van der Waals surface area contributed by atoms with Gasteiger partial charge in [-0.2, -0.15) is 5.26 Å². The van der Waals surface area contributed by atoms with Gasteiger partial charge in [0, 0.05) is 26.2 Å². The normalized spacial score (nSPS) is 21.2. The molecule has 1 aromatic carbocycles. The van der Waals surface area contributed by atoms with Gasteiger partial charge in [-0.3, -0.25) is 9.69 Å². The highest BCUT2D eigenvalue weighted by atomic mass is 32.2. The van der Waals surface area contributed by atoms with E-state index in [4.69, 9.17) is 5.26 Å². The molecule has 1 saturated heterocycles. The monoisotopic (exact) mass is 345 g/mol. The quantitative estimate of drug-likeness (QED) is 0.772. The molecule has 2 rings (SSSR count). The molecule has 0 aromatic heterocycles. The van der Waals surface area contributed by atoms with Crippen molar-refractivity contribution in [2.45, 2.75) is 33.4 Å². The molecule has 0 saturated carbocycles. The van der Waals surface area contributed by atoms with E-state index in [1.807, 2.05) is 6.07 Å². The van der Waals surface area contributed by atoms with E-state index in [-0.39, 0.29) is 5.91 Å². The summed E-state index contributed by atoms with van der Waals surface area (Å²) in [4.78, 5) is 14.2. The van der Waals surface area contributed by atoms with Crippen LogP contribution in [-0.2, 0) is 17.9 Å². The van der Waals surface area contributed by atoms with E-state index >= 15 is 0 Å². The van der Waals surface area contributed by atoms with Crippen molar-refractivity contribution in [1.82, 2.24) is 10.2 Å². The molecule has 0 spiro atoms. The average molecular weight is 346 g/mol. The summed E-state index contributed by atoms with van der Waals surface area (Å²) in [5.41, 5.74) is 2.44. The van der Waals surface area contributed by atoms with Gasteiger partial charge in [0.1, 0.15) is 0 Å². The molecule has 1 aromatic rings. The molecular formula is C19H27N3OS. The Morgan fingerprint density at radius 2 is 1.88 bits per heavy atom. The molecule has 5 heteroatoms. The molecule has 0 aliphatic carbocycles. The molecule has 1 aliphatic rings. The molecule has 2 unspecified atom stereocenters. The van der Waals surface area contributed by atoms with Gasteiger partial charge >= 0.3 is 0 Å². The van der Waals surface area contributed by atoms with Crippen molar-refractivity contribution in [3.05, 3.63) is 35.4 Å². The lowest BCUT2D eigenvalue weighted by atomic mass is 9.91. The Hall–Kier alpha value is -1.51. The Balaban J connectivity index is 1.76. The second-order valence-electron chi connectivity index (χ2n) is 6.88. The first kappa shape index (κ1) is 18.8. The topological polar surface area (TPSA) is 56.1 Å². The van der Waals surface area contributed by atoms with Crippen LogP contribution in [0.5, 0.6) is 0 Å². The SMILES string of the molecule is CC1CC(C)CN(Cc2ccc(CNC(=O)CSCC#N)cc2)C1. The van der Waals surface area contributed by atoms with Crippen LogP contribution in [0.1, 0.15) is 31.4 Å². The number of nitrogens with zero attached hydrogens (tertiary/aromatic N) is 2. The molecule has 1 aliphatic heterocycles. The fourth-order valence-corrected chi connectivity index (χ4v) is 3.86. The molecule has 0 radical (unpaired) electrons. The van der Waals surface area contributed by atoms with E-state index in [1.165, 1.54) is 36.8 Å². The second kappa shape index (κ2) is 9.71. The number of benzene rings is 1. The zero-order valence-corrected chi connectivity index (χ0v) is 15.4. The fraction of sp³-hybridized carbons (Fsp3) is 0.579. The van der Waals surface area contributed by atoms with Gasteiger partial charge in [0.25, 0.3) is 0 Å². The van der Waals surface area contributed by atoms with E-state index in [1.54, 1.807) is 0 Å². The summed E-state index contributed by atoms with van der Waals surface area (Å²) in [5, 5.41) is 11.3. The number of hydrogen-bond acceptors (Lipinski definition) is 4. The lowest BCUT2D eigenvalue weighted by Gasteiger charge is -2.35. The lowest BCUT2D eigenvalue weighted by Crippen LogP contribution is -2.38. The van der Waals surface area contributed by atoms with Crippen LogP contribution in [0.15, 0.2) is 24.3 Å². The number of rotatable bonds is 7. The van der Waals surface area contributed by atoms with Gasteiger partial charge in [0.2, 0.25) is 5.91 Å². The van der Waals surface area contributed by atoms with Crippen molar-refractivity contribution in [3.8, 4) is 6.07 Å². The summed E-state index contributed by atoms with van der Waals surface area (Å²) < 4.78 is 0. The molecule has 0 bridgehead atoms. The van der Waals surface area contributed by atoms with Crippen LogP contribution in [0.4, 0.5) is 0 Å². The maximum Gasteiger partial charge on any atom is 0.230 e. The first-order valence-electron chi connectivity index (χ1n) is 8.58. The van der Waals surface area contributed by atoms with Crippen molar-refractivity contribution in [1.29, 1.82) is 5.26 Å². The largest absolute Gasteiger partial charge is 0.351 e. The molecule has 4 nitrogen and oxygen atoms in total. The highest BCUT2D eigenvalue weighted by Gasteiger charge is 2.21. The second-order valence-corrected chi connectivity index (χ2v) is 7.87. The predicted molar refractivity (Wildman–Crippen MR) is 99.4 cm³/mol. The minimum absolute atomic E-state index is 0.0179. The van der Waals surface area contributed by atoms with Crippen LogP contribution in [0.3, 0.4) is 0 Å². The van der Waals surface area contributed by atoms with E-state index in [0.717, 1.165) is 23.9 Å². The van der Waals surface area contributed by atoms with Crippen LogP contribution in [0, 0.1) is 23.2 Å². The maximum atomic E-state index is 11.6. The number of nitriles is 1. The molecular weight excluding hydrogens is 318 g/mol. The summed E-state index contributed by atoms with van der Waals surface area (Å²) >= 11 is 1.34. The first-order valence-corrected chi connectivity index (χ1v) is 9.74. The number of carbonyl (C=O) groups is 1. The van der Waals surface area contributed by atoms with Gasteiger partial charge in [-0.25, -0.2) is 0 Å². The molecule has 1 N–H and O–H groups in total. The van der Waals surface area contributed by atoms with Crippen molar-refractivity contribution in [2.75, 3.05) is 24.6 Å². The van der Waals surface area contributed by atoms with Gasteiger partial charge in [0.05, 0.1) is 17.6 Å². The Morgan fingerprint density at radius 3 is 2.50 bits per heavy atom. The summed E-state index contributed by atoms with van der Waals surface area (Å²) in [6.45, 7) is 8.59. The number of piperidine rings is 1. The molecule has 1 amide bonds. The third kappa shape index (κ3) is 6.54. The van der Waals surface area contributed by atoms with Crippen molar-refractivity contribution in [2.24, 2.45) is 11.8 Å². The molecule has 2 atom stereocenters. The standard InChI is InChI=1S/C19H27N3OS/c1-15-9-16(2)12-22(11-15)13-18-5-3-17(4-6-18)10-21-19(23)14-24-8-7-20/h3-6,15-16H,8-14H2,1-2H3,(H,21,23). The minimum Gasteiger partial charge on any atom is -0.351 e. The Morgan fingerprint density at radius 1 is 1.25 bits per heavy atom. The minimum atomic E-state index is -0.0179. The van der Waals surface area contributed by atoms with Gasteiger partial charge in [-0.1, -0.05) is 38.1 Å². The van der Waals surface area contributed by atoms with Crippen LogP contribution in [0.25, 0.3) is 0 Å². The molecule has 1 heterocycles. The van der Waals surface area contributed by atoms with Crippen molar-refractivity contribution in [3.63, 3.8) is 0 Å². The molecule has 1 fully saturated rings. The lowest BCUT2D eigenvalue weighted by molar-refractivity contribution is -0.118. The number of thioether (sulfide) groups is 1. The highest BCUT2D eigenvalue weighted by molar-refractivity contribution is 8.00. The Bertz CT molecular complexity index is 557. The van der Waals surface area contributed by atoms with Gasteiger partial charge in [-0.15, -0.1) is 11.8 Å². The predicted octanol–water partition coefficient (Wildman–Crippen LogP) is 3.04. The zero-order chi connectivity index (χ0) is 17.4.